The normalized spacial score (nSPS) is 21.9. The van der Waals surface area contributed by atoms with Crippen molar-refractivity contribution in [3.8, 4) is 0 Å². The first-order valence-electron chi connectivity index (χ1n) is 6.16. The molecule has 1 rings (SSSR count). The van der Waals surface area contributed by atoms with Crippen molar-refractivity contribution in [1.82, 2.24) is 0 Å². The maximum Gasteiger partial charge on any atom is 0.0892 e. The van der Waals surface area contributed by atoms with E-state index in [4.69, 9.17) is 4.74 Å². The van der Waals surface area contributed by atoms with Crippen LogP contribution >= 0.6 is 0 Å². The minimum absolute atomic E-state index is 0.865. The maximum absolute atomic E-state index is 5.54. The first kappa shape index (κ1) is 12.4. The van der Waals surface area contributed by atoms with Crippen LogP contribution in [0.5, 0.6) is 0 Å². The van der Waals surface area contributed by atoms with Crippen molar-refractivity contribution in [2.75, 3.05) is 26.3 Å². The molecule has 1 heterocycles. The van der Waals surface area contributed by atoms with Gasteiger partial charge in [0.25, 0.3) is 0 Å². The Balaban J connectivity index is 2.16. The van der Waals surface area contributed by atoms with Gasteiger partial charge in [0.2, 0.25) is 0 Å². The molecule has 0 aromatic heterocycles. The van der Waals surface area contributed by atoms with Gasteiger partial charge in [0.15, 0.2) is 0 Å². The SMILES string of the molecule is C1=NCCCCCCOCCCCCN=1. The van der Waals surface area contributed by atoms with Crippen LogP contribution < -0.4 is 0 Å². The molecule has 0 atom stereocenters. The third kappa shape index (κ3) is 8.34. The summed E-state index contributed by atoms with van der Waals surface area (Å²) >= 11 is 0. The van der Waals surface area contributed by atoms with E-state index in [9.17, 15) is 0 Å². The van der Waals surface area contributed by atoms with Crippen LogP contribution in [0.3, 0.4) is 0 Å². The van der Waals surface area contributed by atoms with Gasteiger partial charge in [-0.3, -0.25) is 0 Å². The summed E-state index contributed by atoms with van der Waals surface area (Å²) in [6.07, 6.45) is 8.34. The van der Waals surface area contributed by atoms with Gasteiger partial charge in [-0.2, -0.15) is 0 Å². The van der Waals surface area contributed by atoms with Gasteiger partial charge in [0.05, 0.1) is 6.01 Å². The standard InChI is InChI=1S/C12H22N2O/c1-2-6-10-15-11-7-3-5-9-14-12-13-8-4-1/h1-11H2. The Morgan fingerprint density at radius 1 is 0.667 bits per heavy atom. The minimum Gasteiger partial charge on any atom is -0.381 e. The van der Waals surface area contributed by atoms with Gasteiger partial charge < -0.3 is 4.74 Å². The minimum atomic E-state index is 0.865. The third-order valence-electron chi connectivity index (χ3n) is 2.51. The predicted molar refractivity (Wildman–Crippen MR) is 62.7 cm³/mol. The molecule has 3 heteroatoms. The van der Waals surface area contributed by atoms with E-state index < -0.39 is 0 Å². The van der Waals surface area contributed by atoms with Crippen LogP contribution in [-0.4, -0.2) is 32.3 Å². The van der Waals surface area contributed by atoms with Gasteiger partial charge in [0, 0.05) is 26.3 Å². The van der Waals surface area contributed by atoms with Gasteiger partial charge in [0.1, 0.15) is 0 Å². The molecule has 15 heavy (non-hydrogen) atoms. The number of ether oxygens (including phenoxy) is 1. The highest BCUT2D eigenvalue weighted by molar-refractivity contribution is 5.40. The molecule has 0 radical (unpaired) electrons. The Morgan fingerprint density at radius 3 is 1.87 bits per heavy atom. The largest absolute Gasteiger partial charge is 0.381 e. The van der Waals surface area contributed by atoms with E-state index in [1.165, 1.54) is 25.7 Å². The predicted octanol–water partition coefficient (Wildman–Crippen LogP) is 2.92. The molecule has 1 aliphatic rings. The van der Waals surface area contributed by atoms with Crippen LogP contribution in [0.15, 0.2) is 9.98 Å². The molecule has 0 spiro atoms. The van der Waals surface area contributed by atoms with Crippen molar-refractivity contribution < 1.29 is 4.74 Å². The molecule has 0 fully saturated rings. The van der Waals surface area contributed by atoms with Gasteiger partial charge in [-0.25, -0.2) is 9.98 Å². The molecule has 0 unspecified atom stereocenters. The van der Waals surface area contributed by atoms with Crippen LogP contribution in [0.1, 0.15) is 44.9 Å². The fourth-order valence-electron chi connectivity index (χ4n) is 1.57. The summed E-state index contributed by atoms with van der Waals surface area (Å²) in [5, 5.41) is 0. The van der Waals surface area contributed by atoms with Crippen molar-refractivity contribution in [1.29, 1.82) is 0 Å². The topological polar surface area (TPSA) is 34.0 Å². The summed E-state index contributed by atoms with van der Waals surface area (Å²) in [7, 11) is 0. The van der Waals surface area contributed by atoms with E-state index in [2.05, 4.69) is 16.0 Å². The Hall–Kier alpha value is -0.660. The second-order valence-electron chi connectivity index (χ2n) is 3.95. The van der Waals surface area contributed by atoms with Crippen molar-refractivity contribution in [3.63, 3.8) is 0 Å². The maximum atomic E-state index is 5.54. The zero-order valence-corrected chi connectivity index (χ0v) is 9.58. The van der Waals surface area contributed by atoms with Gasteiger partial charge >= 0.3 is 0 Å². The lowest BCUT2D eigenvalue weighted by atomic mass is 10.2. The number of rotatable bonds is 0. The molecule has 0 N–H and O–H groups in total. The summed E-state index contributed by atoms with van der Waals surface area (Å²) in [5.41, 5.74) is 0. The number of aliphatic imine (C=N–C) groups is 2. The number of hydrogen-bond acceptors (Lipinski definition) is 3. The lowest BCUT2D eigenvalue weighted by Gasteiger charge is -2.03. The molecular formula is C12H22N2O. The molecule has 0 saturated carbocycles. The van der Waals surface area contributed by atoms with E-state index in [-0.39, 0.29) is 0 Å². The Kier molecular flexibility index (Phi) is 8.17. The second-order valence-corrected chi connectivity index (χ2v) is 3.95. The van der Waals surface area contributed by atoms with Crippen LogP contribution in [-0.2, 0) is 4.74 Å². The monoisotopic (exact) mass is 210 g/mol. The highest BCUT2D eigenvalue weighted by Gasteiger charge is 1.92. The molecule has 0 amide bonds. The fraction of sp³-hybridized carbons (Fsp3) is 0.917. The lowest BCUT2D eigenvalue weighted by molar-refractivity contribution is 0.126. The summed E-state index contributed by atoms with van der Waals surface area (Å²) in [5.74, 6) is 0. The van der Waals surface area contributed by atoms with E-state index >= 15 is 0 Å². The molecular weight excluding hydrogens is 188 g/mol. The van der Waals surface area contributed by atoms with Crippen LogP contribution in [0, 0.1) is 0 Å². The van der Waals surface area contributed by atoms with Crippen LogP contribution in [0.4, 0.5) is 0 Å². The Labute approximate surface area is 92.7 Å². The van der Waals surface area contributed by atoms with Gasteiger partial charge in [-0.1, -0.05) is 12.8 Å². The van der Waals surface area contributed by atoms with Crippen molar-refractivity contribution in [2.24, 2.45) is 9.98 Å². The first-order chi connectivity index (χ1) is 7.50. The van der Waals surface area contributed by atoms with E-state index in [0.717, 1.165) is 45.6 Å². The zero-order chi connectivity index (χ0) is 10.6. The highest BCUT2D eigenvalue weighted by Crippen LogP contribution is 2.02. The molecule has 0 bridgehead atoms. The quantitative estimate of drug-likeness (QED) is 0.605. The summed E-state index contributed by atoms with van der Waals surface area (Å²) in [4.78, 5) is 8.26. The molecule has 0 aromatic carbocycles. The summed E-state index contributed by atoms with van der Waals surface area (Å²) < 4.78 is 5.54. The van der Waals surface area contributed by atoms with Gasteiger partial charge in [-0.05, 0) is 32.1 Å². The lowest BCUT2D eigenvalue weighted by Crippen LogP contribution is -1.97. The number of hydrogen-bond donors (Lipinski definition) is 0. The first-order valence-corrected chi connectivity index (χ1v) is 6.16. The van der Waals surface area contributed by atoms with Crippen molar-refractivity contribution >= 4 is 6.01 Å². The molecule has 3 nitrogen and oxygen atoms in total. The molecule has 0 aliphatic carbocycles. The van der Waals surface area contributed by atoms with E-state index in [0.29, 0.717) is 0 Å². The van der Waals surface area contributed by atoms with Gasteiger partial charge in [-0.15, -0.1) is 0 Å². The zero-order valence-electron chi connectivity index (χ0n) is 9.58. The molecule has 86 valence electrons. The molecule has 0 saturated heterocycles. The van der Waals surface area contributed by atoms with Crippen molar-refractivity contribution in [2.45, 2.75) is 44.9 Å². The highest BCUT2D eigenvalue weighted by atomic mass is 16.5. The fourth-order valence-corrected chi connectivity index (χ4v) is 1.57. The summed E-state index contributed by atoms with van der Waals surface area (Å²) in [6.45, 7) is 3.59. The van der Waals surface area contributed by atoms with E-state index in [1.54, 1.807) is 0 Å². The van der Waals surface area contributed by atoms with E-state index in [1.807, 2.05) is 0 Å². The average Bonchev–Trinajstić information content (AvgIpc) is 2.27. The molecule has 0 aromatic rings. The second kappa shape index (κ2) is 9.88. The van der Waals surface area contributed by atoms with Crippen LogP contribution in [0.2, 0.25) is 0 Å². The number of nitrogens with zero attached hydrogens (tertiary/aromatic N) is 2. The Morgan fingerprint density at radius 2 is 1.20 bits per heavy atom. The van der Waals surface area contributed by atoms with Crippen LogP contribution in [0.25, 0.3) is 0 Å². The third-order valence-corrected chi connectivity index (χ3v) is 2.51. The van der Waals surface area contributed by atoms with Crippen molar-refractivity contribution in [3.05, 3.63) is 0 Å². The smallest absolute Gasteiger partial charge is 0.0892 e. The Bertz CT molecular complexity index is 180. The summed E-state index contributed by atoms with van der Waals surface area (Å²) in [6, 6.07) is 2.77. The average molecular weight is 210 g/mol. The molecule has 1 aliphatic heterocycles.